The number of aryl methyl sites for hydroxylation is 1. The lowest BCUT2D eigenvalue weighted by Crippen LogP contribution is -2.35. The van der Waals surface area contributed by atoms with Crippen LogP contribution in [0, 0.1) is 6.92 Å². The molecular formula is C28H24Cl2N2O3. The summed E-state index contributed by atoms with van der Waals surface area (Å²) in [6, 6.07) is 16.4. The molecule has 0 radical (unpaired) electrons. The van der Waals surface area contributed by atoms with Gasteiger partial charge in [0.05, 0.1) is 11.5 Å². The molecule has 35 heavy (non-hydrogen) atoms. The minimum atomic E-state index is -0.619. The lowest BCUT2D eigenvalue weighted by atomic mass is 9.77. The first-order valence-corrected chi connectivity index (χ1v) is 12.2. The number of benzene rings is 2. The van der Waals surface area contributed by atoms with E-state index >= 15 is 0 Å². The van der Waals surface area contributed by atoms with Gasteiger partial charge in [-0.05, 0) is 68.7 Å². The number of anilines is 1. The van der Waals surface area contributed by atoms with Crippen molar-refractivity contribution >= 4 is 40.6 Å². The maximum Gasteiger partial charge on any atom is 0.254 e. The lowest BCUT2D eigenvalue weighted by molar-refractivity contribution is -0.116. The van der Waals surface area contributed by atoms with Crippen molar-refractivity contribution in [1.82, 2.24) is 5.32 Å². The van der Waals surface area contributed by atoms with E-state index in [2.05, 4.69) is 10.6 Å². The molecule has 2 heterocycles. The van der Waals surface area contributed by atoms with Gasteiger partial charge in [0.1, 0.15) is 11.5 Å². The number of dihydropyridines is 1. The van der Waals surface area contributed by atoms with Gasteiger partial charge < -0.3 is 15.1 Å². The molecule has 1 unspecified atom stereocenters. The lowest BCUT2D eigenvalue weighted by Gasteiger charge is -2.33. The molecule has 2 aromatic carbocycles. The molecule has 2 N–H and O–H groups in total. The second kappa shape index (κ2) is 9.40. The fourth-order valence-corrected chi connectivity index (χ4v) is 5.36. The number of rotatable bonds is 4. The first kappa shape index (κ1) is 23.5. The molecule has 0 bridgehead atoms. The van der Waals surface area contributed by atoms with Gasteiger partial charge in [0, 0.05) is 44.7 Å². The van der Waals surface area contributed by atoms with Crippen LogP contribution >= 0.6 is 23.2 Å². The summed E-state index contributed by atoms with van der Waals surface area (Å²) in [4.78, 5) is 26.8. The van der Waals surface area contributed by atoms with Crippen LogP contribution in [-0.2, 0) is 9.59 Å². The highest BCUT2D eigenvalue weighted by Gasteiger charge is 2.40. The molecule has 5 rings (SSSR count). The monoisotopic (exact) mass is 506 g/mol. The highest BCUT2D eigenvalue weighted by atomic mass is 35.5. The zero-order valence-electron chi connectivity index (χ0n) is 19.4. The van der Waals surface area contributed by atoms with E-state index in [1.165, 1.54) is 0 Å². The smallest absolute Gasteiger partial charge is 0.254 e. The molecule has 5 nitrogen and oxygen atoms in total. The summed E-state index contributed by atoms with van der Waals surface area (Å²) < 4.78 is 6.27. The zero-order chi connectivity index (χ0) is 24.7. The molecule has 0 fully saturated rings. The highest BCUT2D eigenvalue weighted by Crippen LogP contribution is 2.44. The Morgan fingerprint density at radius 3 is 2.51 bits per heavy atom. The molecule has 1 aliphatic heterocycles. The minimum absolute atomic E-state index is 0.0289. The summed E-state index contributed by atoms with van der Waals surface area (Å²) in [5, 5.41) is 7.35. The molecular weight excluding hydrogens is 483 g/mol. The molecule has 0 saturated heterocycles. The van der Waals surface area contributed by atoms with E-state index in [1.807, 2.05) is 50.2 Å². The normalized spacial score (nSPS) is 17.8. The van der Waals surface area contributed by atoms with Gasteiger partial charge in [-0.15, -0.1) is 0 Å². The molecule has 0 saturated carbocycles. The van der Waals surface area contributed by atoms with Gasteiger partial charge in [0.25, 0.3) is 5.91 Å². The maximum atomic E-state index is 13.6. The fraction of sp³-hybridized carbons (Fsp3) is 0.214. The predicted molar refractivity (Wildman–Crippen MR) is 138 cm³/mol. The van der Waals surface area contributed by atoms with E-state index in [0.29, 0.717) is 44.8 Å². The first-order chi connectivity index (χ1) is 16.8. The van der Waals surface area contributed by atoms with E-state index in [0.717, 1.165) is 35.4 Å². The number of hydrogen-bond acceptors (Lipinski definition) is 4. The number of hydrogen-bond donors (Lipinski definition) is 2. The third kappa shape index (κ3) is 4.54. The highest BCUT2D eigenvalue weighted by molar-refractivity contribution is 6.35. The van der Waals surface area contributed by atoms with E-state index in [-0.39, 0.29) is 11.7 Å². The molecule has 2 aliphatic rings. The number of halogens is 2. The van der Waals surface area contributed by atoms with Crippen molar-refractivity contribution in [2.75, 3.05) is 5.32 Å². The number of amides is 1. The number of ketones is 1. The van der Waals surface area contributed by atoms with Gasteiger partial charge in [-0.3, -0.25) is 9.59 Å². The summed E-state index contributed by atoms with van der Waals surface area (Å²) in [5.41, 5.74) is 5.02. The van der Waals surface area contributed by atoms with Gasteiger partial charge >= 0.3 is 0 Å². The van der Waals surface area contributed by atoms with Crippen molar-refractivity contribution in [3.05, 3.63) is 98.5 Å². The van der Waals surface area contributed by atoms with Gasteiger partial charge in [-0.1, -0.05) is 41.4 Å². The minimum Gasteiger partial charge on any atom is -0.460 e. The van der Waals surface area contributed by atoms with Gasteiger partial charge in [0.2, 0.25) is 0 Å². The topological polar surface area (TPSA) is 71.3 Å². The van der Waals surface area contributed by atoms with Crippen LogP contribution in [0.15, 0.2) is 81.6 Å². The largest absolute Gasteiger partial charge is 0.460 e. The Bertz CT molecular complexity index is 1400. The third-order valence-electron chi connectivity index (χ3n) is 6.47. The van der Waals surface area contributed by atoms with Crippen molar-refractivity contribution in [2.45, 2.75) is 39.0 Å². The Morgan fingerprint density at radius 1 is 1.03 bits per heavy atom. The number of allylic oxidation sites excluding steroid dienone is 3. The predicted octanol–water partition coefficient (Wildman–Crippen LogP) is 7.17. The third-order valence-corrected chi connectivity index (χ3v) is 6.91. The van der Waals surface area contributed by atoms with Crippen LogP contribution in [0.2, 0.25) is 10.0 Å². The average Bonchev–Trinajstić information content (AvgIpc) is 3.29. The van der Waals surface area contributed by atoms with E-state index in [4.69, 9.17) is 27.6 Å². The summed E-state index contributed by atoms with van der Waals surface area (Å²) in [6.45, 7) is 3.80. The Labute approximate surface area is 213 Å². The molecule has 1 aromatic heterocycles. The molecule has 1 aliphatic carbocycles. The first-order valence-electron chi connectivity index (χ1n) is 11.5. The SMILES string of the molecule is CC1=C(C(=O)Nc2ccccc2C)C(c2ccc(-c3cc(Cl)cc(Cl)c3)o2)C2=C(CCCC2=O)N1. The standard InChI is InChI=1S/C28H24Cl2N2O3/c1-15-6-3-4-7-20(15)32-28(34)25-16(2)31-21-8-5-9-22(33)26(21)27(25)24-11-10-23(35-24)17-12-18(29)14-19(30)13-17/h3-4,6-7,10-14,27,31H,5,8-9H2,1-2H3,(H,32,34). The van der Waals surface area contributed by atoms with Crippen molar-refractivity contribution in [3.63, 3.8) is 0 Å². The summed E-state index contributed by atoms with van der Waals surface area (Å²) in [7, 11) is 0. The van der Waals surface area contributed by atoms with Crippen molar-refractivity contribution in [3.8, 4) is 11.3 Å². The number of Topliss-reactive ketones (excluding diaryl/α,β-unsaturated/α-hetero) is 1. The Morgan fingerprint density at radius 2 is 1.77 bits per heavy atom. The average molecular weight is 507 g/mol. The van der Waals surface area contributed by atoms with Crippen molar-refractivity contribution in [2.24, 2.45) is 0 Å². The zero-order valence-corrected chi connectivity index (χ0v) is 20.9. The van der Waals surface area contributed by atoms with Gasteiger partial charge in [0.15, 0.2) is 5.78 Å². The number of nitrogens with one attached hydrogen (secondary N) is 2. The van der Waals surface area contributed by atoms with E-state index < -0.39 is 5.92 Å². The number of furan rings is 1. The Kier molecular flexibility index (Phi) is 6.30. The Hall–Kier alpha value is -3.28. The molecule has 7 heteroatoms. The van der Waals surface area contributed by atoms with Crippen LogP contribution in [0.5, 0.6) is 0 Å². The van der Waals surface area contributed by atoms with Crippen molar-refractivity contribution in [1.29, 1.82) is 0 Å². The van der Waals surface area contributed by atoms with Crippen LogP contribution in [-0.4, -0.2) is 11.7 Å². The second-order valence-corrected chi connectivity index (χ2v) is 9.77. The summed E-state index contributed by atoms with van der Waals surface area (Å²) in [6.07, 6.45) is 1.97. The van der Waals surface area contributed by atoms with E-state index in [9.17, 15) is 9.59 Å². The number of para-hydroxylation sites is 1. The molecule has 178 valence electrons. The fourth-order valence-electron chi connectivity index (χ4n) is 4.83. The summed E-state index contributed by atoms with van der Waals surface area (Å²) in [5.74, 6) is 0.218. The van der Waals surface area contributed by atoms with Crippen LogP contribution in [0.4, 0.5) is 5.69 Å². The van der Waals surface area contributed by atoms with Gasteiger partial charge in [-0.2, -0.15) is 0 Å². The molecule has 0 spiro atoms. The van der Waals surface area contributed by atoms with Crippen LogP contribution in [0.1, 0.15) is 43.4 Å². The van der Waals surface area contributed by atoms with Gasteiger partial charge in [-0.25, -0.2) is 0 Å². The number of carbonyl (C=O) groups excluding carboxylic acids is 2. The van der Waals surface area contributed by atoms with Crippen LogP contribution < -0.4 is 10.6 Å². The van der Waals surface area contributed by atoms with E-state index in [1.54, 1.807) is 18.2 Å². The molecule has 1 amide bonds. The maximum absolute atomic E-state index is 13.6. The van der Waals surface area contributed by atoms with Crippen LogP contribution in [0.3, 0.4) is 0 Å². The Balaban J connectivity index is 1.59. The van der Waals surface area contributed by atoms with Crippen LogP contribution in [0.25, 0.3) is 11.3 Å². The number of carbonyl (C=O) groups is 2. The quantitative estimate of drug-likeness (QED) is 0.393. The molecule has 1 atom stereocenters. The summed E-state index contributed by atoms with van der Waals surface area (Å²) >= 11 is 12.4. The second-order valence-electron chi connectivity index (χ2n) is 8.89. The molecule has 3 aromatic rings. The van der Waals surface area contributed by atoms with Crippen molar-refractivity contribution < 1.29 is 14.0 Å².